The molecule has 0 amide bonds. The van der Waals surface area contributed by atoms with Crippen LogP contribution in [0.15, 0.2) is 42.7 Å². The van der Waals surface area contributed by atoms with E-state index in [0.29, 0.717) is 28.6 Å². The van der Waals surface area contributed by atoms with Crippen molar-refractivity contribution >= 4 is 27.8 Å². The third kappa shape index (κ3) is 2.63. The van der Waals surface area contributed by atoms with Crippen molar-refractivity contribution in [3.63, 3.8) is 0 Å². The van der Waals surface area contributed by atoms with Crippen LogP contribution in [0, 0.1) is 0 Å². The fraction of sp³-hybridized carbons (Fsp3) is 0.222. The molecule has 0 aliphatic heterocycles. The zero-order chi connectivity index (χ0) is 17.6. The van der Waals surface area contributed by atoms with Crippen LogP contribution in [-0.2, 0) is 5.54 Å². The Morgan fingerprint density at radius 1 is 1.04 bits per heavy atom. The number of para-hydroxylation sites is 1. The van der Waals surface area contributed by atoms with E-state index in [1.165, 1.54) is 6.33 Å². The summed E-state index contributed by atoms with van der Waals surface area (Å²) in [6.45, 7) is 6.11. The van der Waals surface area contributed by atoms with E-state index in [2.05, 4.69) is 20.1 Å². The highest BCUT2D eigenvalue weighted by Crippen LogP contribution is 2.33. The number of nitrogens with zero attached hydrogens (tertiary/aromatic N) is 5. The molecule has 7 heteroatoms. The molecule has 126 valence electrons. The Morgan fingerprint density at radius 3 is 2.64 bits per heavy atom. The molecular formula is C18H18N6O. The monoisotopic (exact) mass is 334 g/mol. The number of nitrogens with two attached hydrogens (primary N) is 1. The maximum atomic E-state index is 6.05. The Balaban J connectivity index is 1.85. The average Bonchev–Trinajstić information content (AvgIpc) is 2.95. The van der Waals surface area contributed by atoms with Gasteiger partial charge in [-0.1, -0.05) is 18.2 Å². The van der Waals surface area contributed by atoms with Gasteiger partial charge in [0, 0.05) is 11.5 Å². The number of nitrogen functional groups attached to an aromatic ring is 1. The zero-order valence-corrected chi connectivity index (χ0v) is 14.3. The molecule has 2 N–H and O–H groups in total. The topological polar surface area (TPSA) is 91.7 Å². The van der Waals surface area contributed by atoms with E-state index in [0.717, 1.165) is 10.9 Å². The van der Waals surface area contributed by atoms with Gasteiger partial charge in [0.15, 0.2) is 5.65 Å². The number of benzene rings is 1. The minimum absolute atomic E-state index is 0.280. The average molecular weight is 334 g/mol. The lowest BCUT2D eigenvalue weighted by atomic mass is 10.1. The van der Waals surface area contributed by atoms with Crippen LogP contribution in [0.1, 0.15) is 20.8 Å². The van der Waals surface area contributed by atoms with Gasteiger partial charge in [-0.25, -0.2) is 19.6 Å². The second-order valence-electron chi connectivity index (χ2n) is 6.79. The Bertz CT molecular complexity index is 1080. The quantitative estimate of drug-likeness (QED) is 0.603. The van der Waals surface area contributed by atoms with Gasteiger partial charge in [-0.2, -0.15) is 0 Å². The van der Waals surface area contributed by atoms with Crippen molar-refractivity contribution in [2.45, 2.75) is 26.3 Å². The van der Waals surface area contributed by atoms with Crippen LogP contribution < -0.4 is 10.5 Å². The zero-order valence-electron chi connectivity index (χ0n) is 14.3. The number of hydrogen-bond donors (Lipinski definition) is 1. The van der Waals surface area contributed by atoms with Crippen LogP contribution in [0.2, 0.25) is 0 Å². The molecule has 0 aliphatic rings. The number of anilines is 1. The summed E-state index contributed by atoms with van der Waals surface area (Å²) in [6.07, 6.45) is 1.43. The summed E-state index contributed by atoms with van der Waals surface area (Å²) < 4.78 is 7.74. The lowest BCUT2D eigenvalue weighted by Crippen LogP contribution is -2.23. The highest BCUT2D eigenvalue weighted by Gasteiger charge is 2.24. The molecule has 25 heavy (non-hydrogen) atoms. The minimum atomic E-state index is -0.280. The molecule has 7 nitrogen and oxygen atoms in total. The van der Waals surface area contributed by atoms with Gasteiger partial charge < -0.3 is 10.5 Å². The van der Waals surface area contributed by atoms with Crippen molar-refractivity contribution in [2.24, 2.45) is 0 Å². The highest BCUT2D eigenvalue weighted by atomic mass is 16.5. The lowest BCUT2D eigenvalue weighted by molar-refractivity contribution is 0.347. The summed E-state index contributed by atoms with van der Waals surface area (Å²) in [6, 6.07) is 11.6. The van der Waals surface area contributed by atoms with Crippen molar-refractivity contribution in [1.29, 1.82) is 0 Å². The van der Waals surface area contributed by atoms with Gasteiger partial charge in [-0.15, -0.1) is 5.10 Å². The molecule has 0 bridgehead atoms. The lowest BCUT2D eigenvalue weighted by Gasteiger charge is -2.19. The van der Waals surface area contributed by atoms with Gasteiger partial charge in [0.1, 0.15) is 17.5 Å². The first-order chi connectivity index (χ1) is 11.9. The highest BCUT2D eigenvalue weighted by molar-refractivity contribution is 5.91. The molecule has 0 unspecified atom stereocenters. The fourth-order valence-electron chi connectivity index (χ4n) is 2.69. The van der Waals surface area contributed by atoms with E-state index in [-0.39, 0.29) is 5.54 Å². The number of rotatable bonds is 2. The molecule has 0 saturated heterocycles. The molecule has 4 rings (SSSR count). The third-order valence-corrected chi connectivity index (χ3v) is 3.87. The Hall–Kier alpha value is -3.22. The van der Waals surface area contributed by atoms with Crippen molar-refractivity contribution < 1.29 is 4.74 Å². The summed E-state index contributed by atoms with van der Waals surface area (Å²) in [4.78, 5) is 12.9. The van der Waals surface area contributed by atoms with E-state index in [1.54, 1.807) is 4.68 Å². The predicted molar refractivity (Wildman–Crippen MR) is 96.5 cm³/mol. The summed E-state index contributed by atoms with van der Waals surface area (Å²) in [7, 11) is 0. The molecule has 0 aliphatic carbocycles. The molecule has 1 aromatic carbocycles. The summed E-state index contributed by atoms with van der Waals surface area (Å²) >= 11 is 0. The first-order valence-corrected chi connectivity index (χ1v) is 7.97. The van der Waals surface area contributed by atoms with Crippen molar-refractivity contribution in [1.82, 2.24) is 24.7 Å². The van der Waals surface area contributed by atoms with Crippen molar-refractivity contribution in [3.8, 4) is 11.8 Å². The Kier molecular flexibility index (Phi) is 3.31. The Labute approximate surface area is 144 Å². The van der Waals surface area contributed by atoms with Gasteiger partial charge >= 0.3 is 0 Å². The molecule has 0 spiro atoms. The maximum Gasteiger partial charge on any atom is 0.253 e. The van der Waals surface area contributed by atoms with Crippen LogP contribution >= 0.6 is 0 Å². The molecule has 0 fully saturated rings. The predicted octanol–water partition coefficient (Wildman–Crippen LogP) is 3.50. The van der Waals surface area contributed by atoms with E-state index < -0.39 is 0 Å². The van der Waals surface area contributed by atoms with Crippen LogP contribution in [0.5, 0.6) is 11.8 Å². The number of fused-ring (bicyclic) bond motifs is 2. The first-order valence-electron chi connectivity index (χ1n) is 7.97. The SMILES string of the molecule is CC(C)(C)n1nc(Oc2ccc3ccccc3n2)c2c(N)ncnc21. The van der Waals surface area contributed by atoms with Gasteiger partial charge in [-0.05, 0) is 32.9 Å². The second-order valence-corrected chi connectivity index (χ2v) is 6.79. The van der Waals surface area contributed by atoms with Gasteiger partial charge in [0.05, 0.1) is 11.1 Å². The number of pyridine rings is 1. The summed E-state index contributed by atoms with van der Waals surface area (Å²) in [5.41, 5.74) is 7.26. The smallest absolute Gasteiger partial charge is 0.253 e. The van der Waals surface area contributed by atoms with E-state index in [4.69, 9.17) is 10.5 Å². The van der Waals surface area contributed by atoms with Gasteiger partial charge in [0.2, 0.25) is 5.88 Å². The largest absolute Gasteiger partial charge is 0.418 e. The molecule has 0 radical (unpaired) electrons. The molecule has 0 saturated carbocycles. The number of ether oxygens (including phenoxy) is 1. The van der Waals surface area contributed by atoms with Crippen LogP contribution in [0.3, 0.4) is 0 Å². The maximum absolute atomic E-state index is 6.05. The third-order valence-electron chi connectivity index (χ3n) is 3.87. The van der Waals surface area contributed by atoms with Gasteiger partial charge in [-0.3, -0.25) is 0 Å². The van der Waals surface area contributed by atoms with Crippen LogP contribution in [0.4, 0.5) is 5.82 Å². The Morgan fingerprint density at radius 2 is 1.84 bits per heavy atom. The summed E-state index contributed by atoms with van der Waals surface area (Å²) in [5, 5.41) is 6.20. The molecule has 0 atom stereocenters. The minimum Gasteiger partial charge on any atom is -0.418 e. The molecule has 3 heterocycles. The summed E-state index contributed by atoms with van der Waals surface area (Å²) in [5.74, 6) is 1.13. The van der Waals surface area contributed by atoms with Gasteiger partial charge in [0.25, 0.3) is 5.88 Å². The van der Waals surface area contributed by atoms with Crippen LogP contribution in [0.25, 0.3) is 21.9 Å². The second kappa shape index (κ2) is 5.41. The van der Waals surface area contributed by atoms with Crippen LogP contribution in [-0.4, -0.2) is 24.7 Å². The first kappa shape index (κ1) is 15.3. The normalized spacial score (nSPS) is 12.0. The van der Waals surface area contributed by atoms with Crippen molar-refractivity contribution in [2.75, 3.05) is 5.73 Å². The van der Waals surface area contributed by atoms with E-state index in [9.17, 15) is 0 Å². The number of aromatic nitrogens is 5. The standard InChI is InChI=1S/C18H18N6O/c1-18(2,3)24-16-14(15(19)20-10-21-16)17(23-24)25-13-9-8-11-6-4-5-7-12(11)22-13/h4-10H,1-3H3,(H2,19,20,21). The van der Waals surface area contributed by atoms with Crippen molar-refractivity contribution in [3.05, 3.63) is 42.7 Å². The van der Waals surface area contributed by atoms with E-state index >= 15 is 0 Å². The fourth-order valence-corrected chi connectivity index (χ4v) is 2.69. The molecule has 4 aromatic rings. The van der Waals surface area contributed by atoms with E-state index in [1.807, 2.05) is 57.2 Å². The molecular weight excluding hydrogens is 316 g/mol. The molecule has 3 aromatic heterocycles. The number of hydrogen-bond acceptors (Lipinski definition) is 6.